The average Bonchev–Trinajstić information content (AvgIpc) is 2.87. The Balaban J connectivity index is 2.16. The van der Waals surface area contributed by atoms with Crippen LogP contribution in [0.15, 0.2) is 33.8 Å². The van der Waals surface area contributed by atoms with Gasteiger partial charge >= 0.3 is 0 Å². The number of nitriles is 1. The summed E-state index contributed by atoms with van der Waals surface area (Å²) >= 11 is 2.44. The fourth-order valence-electron chi connectivity index (χ4n) is 1.64. The summed E-state index contributed by atoms with van der Waals surface area (Å²) in [7, 11) is 0. The van der Waals surface area contributed by atoms with Crippen LogP contribution in [0.4, 0.5) is 5.69 Å². The molecule has 0 aliphatic heterocycles. The summed E-state index contributed by atoms with van der Waals surface area (Å²) in [6, 6.07) is 6.19. The predicted molar refractivity (Wildman–Crippen MR) is 84.5 cm³/mol. The number of non-ortho nitro benzene ring substituents is 1. The number of rotatable bonds is 5. The van der Waals surface area contributed by atoms with Crippen molar-refractivity contribution in [2.45, 2.75) is 11.3 Å². The van der Waals surface area contributed by atoms with Gasteiger partial charge in [-0.05, 0) is 13.0 Å². The van der Waals surface area contributed by atoms with Crippen molar-refractivity contribution >= 4 is 44.8 Å². The quantitative estimate of drug-likeness (QED) is 0.293. The number of nitrogens with two attached hydrogens (primary N) is 1. The fraction of sp³-hybridized carbons (Fsp3) is 0.154. The molecule has 0 spiro atoms. The van der Waals surface area contributed by atoms with Crippen LogP contribution in [-0.4, -0.2) is 21.4 Å². The molecular weight excluding hydrogens is 324 g/mol. The number of ketones is 1. The van der Waals surface area contributed by atoms with Crippen LogP contribution in [0.25, 0.3) is 10.2 Å². The third-order valence-electron chi connectivity index (χ3n) is 2.67. The third-order valence-corrected chi connectivity index (χ3v) is 4.84. The van der Waals surface area contributed by atoms with E-state index in [2.05, 4.69) is 4.98 Å². The van der Waals surface area contributed by atoms with E-state index in [9.17, 15) is 14.9 Å². The molecule has 0 saturated carbocycles. The van der Waals surface area contributed by atoms with Gasteiger partial charge < -0.3 is 5.73 Å². The molecule has 0 fully saturated rings. The first-order valence-electron chi connectivity index (χ1n) is 6.00. The Bertz CT molecular complexity index is 831. The Labute approximate surface area is 133 Å². The van der Waals surface area contributed by atoms with Crippen LogP contribution in [0.3, 0.4) is 0 Å². The molecule has 1 aromatic heterocycles. The standard InChI is InChI=1S/C13H10N4O3S2/c1-7(15)9(5-14)11(18)6-21-13-16-10-3-2-8(17(19)20)4-12(10)22-13/h2-4H,6,15H2,1H3/b9-7-. The number of carbonyl (C=O) groups excluding carboxylic acids is 1. The maximum absolute atomic E-state index is 11.9. The molecule has 0 amide bonds. The monoisotopic (exact) mass is 334 g/mol. The molecule has 2 N–H and O–H groups in total. The molecule has 0 radical (unpaired) electrons. The van der Waals surface area contributed by atoms with Gasteiger partial charge in [0, 0.05) is 17.8 Å². The highest BCUT2D eigenvalue weighted by Gasteiger charge is 2.15. The summed E-state index contributed by atoms with van der Waals surface area (Å²) in [5.41, 5.74) is 6.24. The van der Waals surface area contributed by atoms with Crippen LogP contribution in [0.5, 0.6) is 0 Å². The number of carbonyl (C=O) groups is 1. The van der Waals surface area contributed by atoms with Gasteiger partial charge in [-0.15, -0.1) is 11.3 Å². The van der Waals surface area contributed by atoms with E-state index in [0.29, 0.717) is 14.6 Å². The zero-order valence-corrected chi connectivity index (χ0v) is 13.0. The summed E-state index contributed by atoms with van der Waals surface area (Å²) in [5.74, 6) is -0.322. The lowest BCUT2D eigenvalue weighted by molar-refractivity contribution is -0.384. The second-order valence-corrected chi connectivity index (χ2v) is 6.52. The summed E-state index contributed by atoms with van der Waals surface area (Å²) in [5, 5.41) is 19.6. The molecule has 2 rings (SSSR count). The molecule has 1 heterocycles. The number of Topliss-reactive ketones (excluding diaryl/α,β-unsaturated/α-hetero) is 1. The molecule has 0 aliphatic carbocycles. The molecule has 0 aliphatic rings. The van der Waals surface area contributed by atoms with E-state index in [0.717, 1.165) is 0 Å². The number of thioether (sulfide) groups is 1. The largest absolute Gasteiger partial charge is 0.401 e. The number of benzene rings is 1. The maximum atomic E-state index is 11.9. The van der Waals surface area contributed by atoms with Gasteiger partial charge in [-0.25, -0.2) is 4.98 Å². The van der Waals surface area contributed by atoms with Crippen molar-refractivity contribution < 1.29 is 9.72 Å². The summed E-state index contributed by atoms with van der Waals surface area (Å²) in [6.07, 6.45) is 0. The summed E-state index contributed by atoms with van der Waals surface area (Å²) < 4.78 is 1.28. The zero-order valence-electron chi connectivity index (χ0n) is 11.4. The minimum Gasteiger partial charge on any atom is -0.401 e. The molecule has 112 valence electrons. The first kappa shape index (κ1) is 15.9. The van der Waals surface area contributed by atoms with Crippen molar-refractivity contribution in [1.82, 2.24) is 4.98 Å². The minimum atomic E-state index is -0.469. The normalized spacial score (nSPS) is 11.8. The molecule has 0 bridgehead atoms. The van der Waals surface area contributed by atoms with Crippen molar-refractivity contribution in [3.63, 3.8) is 0 Å². The average molecular weight is 334 g/mol. The van der Waals surface area contributed by atoms with Gasteiger partial charge in [-0.1, -0.05) is 11.8 Å². The number of allylic oxidation sites excluding steroid dienone is 2. The Morgan fingerprint density at radius 1 is 1.59 bits per heavy atom. The highest BCUT2D eigenvalue weighted by Crippen LogP contribution is 2.32. The van der Waals surface area contributed by atoms with Gasteiger partial charge in [0.2, 0.25) is 0 Å². The Hall–Kier alpha value is -2.44. The van der Waals surface area contributed by atoms with Gasteiger partial charge in [0.05, 0.1) is 20.9 Å². The Kier molecular flexibility index (Phi) is 4.75. The third kappa shape index (κ3) is 3.41. The molecule has 2 aromatic rings. The molecule has 22 heavy (non-hydrogen) atoms. The second kappa shape index (κ2) is 6.55. The van der Waals surface area contributed by atoms with E-state index in [4.69, 9.17) is 11.0 Å². The lowest BCUT2D eigenvalue weighted by Gasteiger charge is -1.98. The van der Waals surface area contributed by atoms with Crippen molar-refractivity contribution in [2.24, 2.45) is 5.73 Å². The minimum absolute atomic E-state index is 0.00256. The second-order valence-electron chi connectivity index (χ2n) is 4.27. The van der Waals surface area contributed by atoms with Crippen molar-refractivity contribution in [1.29, 1.82) is 5.26 Å². The lowest BCUT2D eigenvalue weighted by Crippen LogP contribution is -2.10. The number of nitro benzene ring substituents is 1. The molecule has 9 heteroatoms. The molecular formula is C13H10N4O3S2. The van der Waals surface area contributed by atoms with Gasteiger partial charge in [-0.3, -0.25) is 14.9 Å². The van der Waals surface area contributed by atoms with Crippen LogP contribution in [0, 0.1) is 21.4 Å². The van der Waals surface area contributed by atoms with E-state index < -0.39 is 4.92 Å². The number of hydrogen-bond acceptors (Lipinski definition) is 8. The molecule has 1 aromatic carbocycles. The first-order valence-corrected chi connectivity index (χ1v) is 7.80. The van der Waals surface area contributed by atoms with Crippen molar-refractivity contribution in [3.05, 3.63) is 39.6 Å². The van der Waals surface area contributed by atoms with Crippen LogP contribution in [0.1, 0.15) is 6.92 Å². The number of aromatic nitrogens is 1. The molecule has 0 saturated heterocycles. The fourth-order valence-corrected chi connectivity index (χ4v) is 3.61. The van der Waals surface area contributed by atoms with Gasteiger partial charge in [0.15, 0.2) is 10.1 Å². The van der Waals surface area contributed by atoms with Crippen LogP contribution >= 0.6 is 23.1 Å². The highest BCUT2D eigenvalue weighted by molar-refractivity contribution is 8.01. The van der Waals surface area contributed by atoms with E-state index in [-0.39, 0.29) is 28.5 Å². The molecule has 0 unspecified atom stereocenters. The number of hydrogen-bond donors (Lipinski definition) is 1. The first-order chi connectivity index (χ1) is 10.4. The maximum Gasteiger partial charge on any atom is 0.270 e. The van der Waals surface area contributed by atoms with Crippen LogP contribution in [0.2, 0.25) is 0 Å². The summed E-state index contributed by atoms with van der Waals surface area (Å²) in [6.45, 7) is 1.50. The van der Waals surface area contributed by atoms with E-state index >= 15 is 0 Å². The number of fused-ring (bicyclic) bond motifs is 1. The smallest absolute Gasteiger partial charge is 0.270 e. The predicted octanol–water partition coefficient (Wildman–Crippen LogP) is 2.62. The van der Waals surface area contributed by atoms with E-state index in [1.165, 1.54) is 42.2 Å². The van der Waals surface area contributed by atoms with Crippen LogP contribution in [-0.2, 0) is 4.79 Å². The number of nitrogens with zero attached hydrogens (tertiary/aromatic N) is 3. The Morgan fingerprint density at radius 3 is 2.91 bits per heavy atom. The number of thiazole rings is 1. The van der Waals surface area contributed by atoms with Gasteiger partial charge in [0.1, 0.15) is 11.6 Å². The van der Waals surface area contributed by atoms with Crippen molar-refractivity contribution in [3.8, 4) is 6.07 Å². The lowest BCUT2D eigenvalue weighted by atomic mass is 10.2. The van der Waals surface area contributed by atoms with Gasteiger partial charge in [0.25, 0.3) is 5.69 Å². The number of nitro groups is 1. The van der Waals surface area contributed by atoms with E-state index in [1.54, 1.807) is 12.1 Å². The van der Waals surface area contributed by atoms with Gasteiger partial charge in [-0.2, -0.15) is 5.26 Å². The zero-order chi connectivity index (χ0) is 16.3. The highest BCUT2D eigenvalue weighted by atomic mass is 32.2. The van der Waals surface area contributed by atoms with Crippen molar-refractivity contribution in [2.75, 3.05) is 5.75 Å². The molecule has 0 atom stereocenters. The SMILES string of the molecule is C/C(N)=C(\C#N)C(=O)CSc1nc2ccc([N+](=O)[O-])cc2s1. The topological polar surface area (TPSA) is 123 Å². The molecule has 7 nitrogen and oxygen atoms in total. The van der Waals surface area contributed by atoms with Crippen LogP contribution < -0.4 is 5.73 Å². The summed E-state index contributed by atoms with van der Waals surface area (Å²) in [4.78, 5) is 26.4. The van der Waals surface area contributed by atoms with E-state index in [1.807, 2.05) is 0 Å². The Morgan fingerprint density at radius 2 is 2.32 bits per heavy atom.